The van der Waals surface area contributed by atoms with E-state index in [0.29, 0.717) is 13.1 Å². The van der Waals surface area contributed by atoms with Gasteiger partial charge in [0.1, 0.15) is 5.75 Å². The minimum Gasteiger partial charge on any atom is -0.497 e. The highest BCUT2D eigenvalue weighted by molar-refractivity contribution is 5.83. The molecule has 1 aliphatic heterocycles. The van der Waals surface area contributed by atoms with Crippen molar-refractivity contribution in [2.45, 2.75) is 12.5 Å². The number of nitrogens with two attached hydrogens (primary N) is 1. The molecule has 1 aromatic carbocycles. The summed E-state index contributed by atoms with van der Waals surface area (Å²) in [5.41, 5.74) is 6.58. The maximum absolute atomic E-state index is 11.6. The third kappa shape index (κ3) is 2.92. The van der Waals surface area contributed by atoms with E-state index in [9.17, 15) is 4.79 Å². The maximum atomic E-state index is 11.6. The highest BCUT2D eigenvalue weighted by atomic mass is 16.5. The summed E-state index contributed by atoms with van der Waals surface area (Å²) >= 11 is 0. The van der Waals surface area contributed by atoms with Crippen LogP contribution in [-0.4, -0.2) is 38.7 Å². The molecule has 1 unspecified atom stereocenters. The lowest BCUT2D eigenvalue weighted by atomic mass is 10.1. The molecule has 5 heteroatoms. The van der Waals surface area contributed by atoms with Gasteiger partial charge in [0, 0.05) is 18.3 Å². The Balaban J connectivity index is 2.08. The third-order valence-electron chi connectivity index (χ3n) is 3.09. The number of carbonyl (C=O) groups excluding carboxylic acids is 1. The Kier molecular flexibility index (Phi) is 4.04. The number of hydrogen-bond acceptors (Lipinski definition) is 4. The first-order valence-electron chi connectivity index (χ1n) is 6.11. The van der Waals surface area contributed by atoms with Crippen molar-refractivity contribution in [3.8, 4) is 5.75 Å². The summed E-state index contributed by atoms with van der Waals surface area (Å²) in [6, 6.07) is 7.88. The molecule has 5 nitrogen and oxygen atoms in total. The molecule has 1 aliphatic rings. The third-order valence-corrected chi connectivity index (χ3v) is 3.09. The number of rotatable bonds is 4. The number of hydrogen-bond donors (Lipinski definition) is 2. The van der Waals surface area contributed by atoms with E-state index in [1.165, 1.54) is 0 Å². The Morgan fingerprint density at radius 3 is 2.78 bits per heavy atom. The molecule has 1 saturated heterocycles. The lowest BCUT2D eigenvalue weighted by Crippen LogP contribution is -2.54. The average molecular weight is 249 g/mol. The maximum Gasteiger partial charge on any atom is 0.239 e. The van der Waals surface area contributed by atoms with Crippen molar-refractivity contribution in [3.05, 3.63) is 24.3 Å². The van der Waals surface area contributed by atoms with Crippen LogP contribution in [0.1, 0.15) is 6.42 Å². The molecule has 1 amide bonds. The van der Waals surface area contributed by atoms with Gasteiger partial charge in [-0.05, 0) is 37.2 Å². The fraction of sp³-hybridized carbons (Fsp3) is 0.462. The normalized spacial score (nSPS) is 19.6. The number of piperazine rings is 1. The first-order valence-corrected chi connectivity index (χ1v) is 6.11. The van der Waals surface area contributed by atoms with E-state index >= 15 is 0 Å². The van der Waals surface area contributed by atoms with E-state index in [1.54, 1.807) is 7.11 Å². The summed E-state index contributed by atoms with van der Waals surface area (Å²) in [6.07, 6.45) is 0.804. The second kappa shape index (κ2) is 5.73. The summed E-state index contributed by atoms with van der Waals surface area (Å²) in [7, 11) is 1.64. The summed E-state index contributed by atoms with van der Waals surface area (Å²) in [6.45, 7) is 1.78. The second-order valence-corrected chi connectivity index (χ2v) is 4.42. The molecule has 0 saturated carbocycles. The minimum absolute atomic E-state index is 0.0514. The van der Waals surface area contributed by atoms with Gasteiger partial charge in [0.25, 0.3) is 0 Å². The van der Waals surface area contributed by atoms with Crippen LogP contribution in [0.3, 0.4) is 0 Å². The first-order chi connectivity index (χ1) is 8.72. The molecule has 3 N–H and O–H groups in total. The summed E-state index contributed by atoms with van der Waals surface area (Å²) < 4.78 is 5.12. The van der Waals surface area contributed by atoms with E-state index in [-0.39, 0.29) is 11.9 Å². The molecule has 1 atom stereocenters. The molecule has 0 aromatic heterocycles. The van der Waals surface area contributed by atoms with E-state index in [0.717, 1.165) is 24.4 Å². The van der Waals surface area contributed by atoms with E-state index in [4.69, 9.17) is 10.5 Å². The quantitative estimate of drug-likeness (QED) is 0.808. The number of carbonyl (C=O) groups is 1. The minimum atomic E-state index is 0.0514. The van der Waals surface area contributed by atoms with E-state index < -0.39 is 0 Å². The van der Waals surface area contributed by atoms with Crippen molar-refractivity contribution in [1.82, 2.24) is 5.32 Å². The average Bonchev–Trinajstić information content (AvgIpc) is 2.38. The second-order valence-electron chi connectivity index (χ2n) is 4.42. The van der Waals surface area contributed by atoms with Crippen LogP contribution >= 0.6 is 0 Å². The van der Waals surface area contributed by atoms with Crippen molar-refractivity contribution in [2.24, 2.45) is 5.73 Å². The van der Waals surface area contributed by atoms with E-state index in [1.807, 2.05) is 24.3 Å². The van der Waals surface area contributed by atoms with Crippen molar-refractivity contribution >= 4 is 11.6 Å². The number of ether oxygens (including phenoxy) is 1. The number of benzene rings is 1. The van der Waals surface area contributed by atoms with Crippen LogP contribution in [-0.2, 0) is 4.79 Å². The van der Waals surface area contributed by atoms with Crippen LogP contribution in [0.25, 0.3) is 0 Å². The van der Waals surface area contributed by atoms with Crippen LogP contribution in [0.15, 0.2) is 24.3 Å². The fourth-order valence-electron chi connectivity index (χ4n) is 2.18. The number of nitrogens with zero attached hydrogens (tertiary/aromatic N) is 1. The summed E-state index contributed by atoms with van der Waals surface area (Å²) in [4.78, 5) is 13.7. The molecule has 0 bridgehead atoms. The Labute approximate surface area is 107 Å². The largest absolute Gasteiger partial charge is 0.497 e. The van der Waals surface area contributed by atoms with Crippen molar-refractivity contribution < 1.29 is 9.53 Å². The number of anilines is 1. The van der Waals surface area contributed by atoms with Gasteiger partial charge in [-0.2, -0.15) is 0 Å². The van der Waals surface area contributed by atoms with Crippen LogP contribution in [0.2, 0.25) is 0 Å². The smallest absolute Gasteiger partial charge is 0.239 e. The van der Waals surface area contributed by atoms with Crippen LogP contribution < -0.4 is 20.7 Å². The highest BCUT2D eigenvalue weighted by Gasteiger charge is 2.23. The number of methoxy groups -OCH3 is 1. The summed E-state index contributed by atoms with van der Waals surface area (Å²) in [5.74, 6) is 0.870. The van der Waals surface area contributed by atoms with Gasteiger partial charge in [-0.25, -0.2) is 0 Å². The lowest BCUT2D eigenvalue weighted by molar-refractivity contribution is -0.121. The van der Waals surface area contributed by atoms with Crippen LogP contribution in [0.4, 0.5) is 5.69 Å². The molecule has 1 fully saturated rings. The zero-order valence-electron chi connectivity index (χ0n) is 10.6. The Hall–Kier alpha value is -1.75. The topological polar surface area (TPSA) is 67.6 Å². The van der Waals surface area contributed by atoms with Gasteiger partial charge >= 0.3 is 0 Å². The Bertz CT molecular complexity index is 405. The van der Waals surface area contributed by atoms with Gasteiger partial charge in [-0.1, -0.05) is 0 Å². The van der Waals surface area contributed by atoms with Crippen LogP contribution in [0.5, 0.6) is 5.75 Å². The molecule has 2 rings (SSSR count). The van der Waals surface area contributed by atoms with Crippen LogP contribution in [0, 0.1) is 0 Å². The molecular formula is C13H19N3O2. The van der Waals surface area contributed by atoms with Gasteiger partial charge < -0.3 is 20.7 Å². The zero-order chi connectivity index (χ0) is 13.0. The van der Waals surface area contributed by atoms with E-state index in [2.05, 4.69) is 10.2 Å². The predicted octanol–water partition coefficient (Wildman–Crippen LogP) is 0.349. The predicted molar refractivity (Wildman–Crippen MR) is 70.8 cm³/mol. The molecular weight excluding hydrogens is 230 g/mol. The molecule has 0 spiro atoms. The highest BCUT2D eigenvalue weighted by Crippen LogP contribution is 2.20. The molecule has 0 aliphatic carbocycles. The van der Waals surface area contributed by atoms with Gasteiger partial charge in [0.2, 0.25) is 5.91 Å². The van der Waals surface area contributed by atoms with Crippen molar-refractivity contribution in [1.29, 1.82) is 0 Å². The van der Waals surface area contributed by atoms with Gasteiger partial charge in [0.15, 0.2) is 0 Å². The molecule has 1 aromatic rings. The van der Waals surface area contributed by atoms with Gasteiger partial charge in [-0.15, -0.1) is 0 Å². The lowest BCUT2D eigenvalue weighted by Gasteiger charge is -2.34. The molecule has 1 heterocycles. The van der Waals surface area contributed by atoms with Gasteiger partial charge in [0.05, 0.1) is 13.7 Å². The SMILES string of the molecule is COc1ccc(N2CC(=O)NC(CCN)C2)cc1. The monoisotopic (exact) mass is 249 g/mol. The first kappa shape index (κ1) is 12.7. The standard InChI is InChI=1S/C13H19N3O2/c1-18-12-4-2-11(3-5-12)16-8-10(6-7-14)15-13(17)9-16/h2-5,10H,6-9,14H2,1H3,(H,15,17). The van der Waals surface area contributed by atoms with Gasteiger partial charge in [-0.3, -0.25) is 4.79 Å². The number of amides is 1. The van der Waals surface area contributed by atoms with Crippen molar-refractivity contribution in [2.75, 3.05) is 31.6 Å². The Morgan fingerprint density at radius 2 is 2.17 bits per heavy atom. The number of nitrogens with one attached hydrogen (secondary N) is 1. The molecule has 18 heavy (non-hydrogen) atoms. The summed E-state index contributed by atoms with van der Waals surface area (Å²) in [5, 5.41) is 2.95. The fourth-order valence-corrected chi connectivity index (χ4v) is 2.18. The zero-order valence-corrected chi connectivity index (χ0v) is 10.6. The molecule has 98 valence electrons. The Morgan fingerprint density at radius 1 is 1.44 bits per heavy atom. The molecule has 0 radical (unpaired) electrons. The van der Waals surface area contributed by atoms with Crippen molar-refractivity contribution in [3.63, 3.8) is 0 Å².